The Kier molecular flexibility index (Phi) is 7.97. The molecule has 1 aromatic heterocycles. The first-order valence-electron chi connectivity index (χ1n) is 5.84. The third-order valence-electron chi connectivity index (χ3n) is 2.13. The lowest BCUT2D eigenvalue weighted by Crippen LogP contribution is -2.05. The Bertz CT molecular complexity index is 324. The Morgan fingerprint density at radius 2 is 2.12 bits per heavy atom. The molecule has 0 aliphatic heterocycles. The average Bonchev–Trinajstić information content (AvgIpc) is 2.29. The zero-order valence-corrected chi connectivity index (χ0v) is 11.1. The fraction of sp³-hybridized carbons (Fsp3) is 0.538. The van der Waals surface area contributed by atoms with Crippen molar-refractivity contribution in [2.24, 2.45) is 11.7 Å². The van der Waals surface area contributed by atoms with E-state index in [0.717, 1.165) is 17.7 Å². The van der Waals surface area contributed by atoms with E-state index >= 15 is 0 Å². The zero-order valence-electron chi connectivity index (χ0n) is 11.1. The summed E-state index contributed by atoms with van der Waals surface area (Å²) >= 11 is 0. The summed E-state index contributed by atoms with van der Waals surface area (Å²) in [6.45, 7) is 6.00. The molecule has 0 aliphatic carbocycles. The van der Waals surface area contributed by atoms with Crippen molar-refractivity contribution in [3.8, 4) is 0 Å². The van der Waals surface area contributed by atoms with Crippen molar-refractivity contribution in [3.05, 3.63) is 23.9 Å². The van der Waals surface area contributed by atoms with Gasteiger partial charge in [-0.2, -0.15) is 0 Å². The number of anilines is 1. The smallest absolute Gasteiger partial charge is 0.125 e. The van der Waals surface area contributed by atoms with Crippen molar-refractivity contribution in [2.75, 3.05) is 12.4 Å². The highest BCUT2D eigenvalue weighted by Gasteiger charge is 1.98. The van der Waals surface area contributed by atoms with E-state index in [2.05, 4.69) is 10.3 Å². The van der Waals surface area contributed by atoms with Gasteiger partial charge in [0.25, 0.3) is 0 Å². The van der Waals surface area contributed by atoms with Gasteiger partial charge in [0.15, 0.2) is 0 Å². The zero-order chi connectivity index (χ0) is 13.3. The van der Waals surface area contributed by atoms with Crippen molar-refractivity contribution < 1.29 is 4.79 Å². The minimum Gasteiger partial charge on any atom is -0.373 e. The van der Waals surface area contributed by atoms with E-state index in [9.17, 15) is 4.79 Å². The highest BCUT2D eigenvalue weighted by molar-refractivity contribution is 5.49. The molecule has 0 bridgehead atoms. The van der Waals surface area contributed by atoms with Crippen molar-refractivity contribution in [2.45, 2.75) is 33.2 Å². The number of rotatable bonds is 4. The molecule has 1 aromatic rings. The number of aldehydes is 1. The van der Waals surface area contributed by atoms with E-state index in [1.165, 1.54) is 0 Å². The second kappa shape index (κ2) is 8.70. The fourth-order valence-electron chi connectivity index (χ4n) is 1.06. The molecule has 17 heavy (non-hydrogen) atoms. The minimum absolute atomic E-state index is 0.0742. The van der Waals surface area contributed by atoms with Crippen LogP contribution in [0.5, 0.6) is 0 Å². The Hall–Kier alpha value is -1.42. The molecular weight excluding hydrogens is 214 g/mol. The summed E-state index contributed by atoms with van der Waals surface area (Å²) in [5.41, 5.74) is 6.78. The minimum atomic E-state index is 0.0742. The molecule has 0 saturated heterocycles. The molecule has 0 spiro atoms. The molecular formula is C13H23N3O. The van der Waals surface area contributed by atoms with Crippen LogP contribution < -0.4 is 11.1 Å². The maximum atomic E-state index is 9.62. The molecule has 0 fully saturated rings. The van der Waals surface area contributed by atoms with E-state index in [4.69, 9.17) is 5.73 Å². The summed E-state index contributed by atoms with van der Waals surface area (Å²) in [6, 6.07) is 3.95. The van der Waals surface area contributed by atoms with Crippen molar-refractivity contribution >= 4 is 12.1 Å². The summed E-state index contributed by atoms with van der Waals surface area (Å²) in [5.74, 6) is 1.39. The number of pyridine rings is 1. The first-order chi connectivity index (χ1) is 8.01. The lowest BCUT2D eigenvalue weighted by atomic mass is 10.1. The molecule has 1 heterocycles. The maximum absolute atomic E-state index is 9.62. The Morgan fingerprint density at radius 1 is 1.47 bits per heavy atom. The molecule has 0 aliphatic rings. The number of carbonyl (C=O) groups is 1. The predicted molar refractivity (Wildman–Crippen MR) is 71.9 cm³/mol. The number of carbonyl (C=O) groups excluding carboxylic acids is 1. The predicted octanol–water partition coefficient (Wildman–Crippen LogP) is 2.37. The van der Waals surface area contributed by atoms with Gasteiger partial charge in [0.05, 0.1) is 0 Å². The molecule has 0 saturated carbocycles. The first-order valence-corrected chi connectivity index (χ1v) is 5.84. The van der Waals surface area contributed by atoms with Gasteiger partial charge in [0.2, 0.25) is 0 Å². The summed E-state index contributed by atoms with van der Waals surface area (Å²) in [4.78, 5) is 13.7. The molecule has 1 atom stereocenters. The van der Waals surface area contributed by atoms with Gasteiger partial charge in [-0.15, -0.1) is 0 Å². The topological polar surface area (TPSA) is 68.0 Å². The number of nitrogens with two attached hydrogens (primary N) is 1. The van der Waals surface area contributed by atoms with Crippen LogP contribution in [0.25, 0.3) is 0 Å². The van der Waals surface area contributed by atoms with Crippen molar-refractivity contribution in [1.82, 2.24) is 4.98 Å². The van der Waals surface area contributed by atoms with Crippen LogP contribution in [0, 0.1) is 5.92 Å². The molecule has 4 nitrogen and oxygen atoms in total. The number of aromatic nitrogens is 1. The maximum Gasteiger partial charge on any atom is 0.125 e. The third kappa shape index (κ3) is 7.47. The van der Waals surface area contributed by atoms with Crippen LogP contribution in [0.4, 0.5) is 5.82 Å². The van der Waals surface area contributed by atoms with Crippen LogP contribution in [-0.2, 0) is 4.79 Å². The van der Waals surface area contributed by atoms with E-state index < -0.39 is 0 Å². The van der Waals surface area contributed by atoms with Crippen LogP contribution in [0.15, 0.2) is 18.3 Å². The third-order valence-corrected chi connectivity index (χ3v) is 2.13. The standard InChI is InChI=1S/C8H13N3.C5H10O/c1-6(9)7-3-4-11-8(5-7)10-2;1-5(2)3-4-6/h3-6H,9H2,1-2H3,(H,10,11);4-5H,3H2,1-2H3. The second-order valence-corrected chi connectivity index (χ2v) is 4.31. The molecule has 0 aromatic carbocycles. The summed E-state index contributed by atoms with van der Waals surface area (Å²) in [7, 11) is 1.84. The van der Waals surface area contributed by atoms with Gasteiger partial charge < -0.3 is 15.8 Å². The fourth-order valence-corrected chi connectivity index (χ4v) is 1.06. The van der Waals surface area contributed by atoms with Gasteiger partial charge in [0, 0.05) is 25.7 Å². The highest BCUT2D eigenvalue weighted by Crippen LogP contribution is 2.11. The highest BCUT2D eigenvalue weighted by atomic mass is 16.1. The quantitative estimate of drug-likeness (QED) is 0.789. The van der Waals surface area contributed by atoms with Crippen LogP contribution in [-0.4, -0.2) is 18.3 Å². The lowest BCUT2D eigenvalue weighted by molar-refractivity contribution is -0.108. The van der Waals surface area contributed by atoms with Crippen molar-refractivity contribution in [3.63, 3.8) is 0 Å². The van der Waals surface area contributed by atoms with Gasteiger partial charge in [-0.25, -0.2) is 4.98 Å². The molecule has 96 valence electrons. The Balaban J connectivity index is 0.000000366. The molecule has 1 unspecified atom stereocenters. The number of hydrogen-bond donors (Lipinski definition) is 2. The van der Waals surface area contributed by atoms with Crippen LogP contribution in [0.2, 0.25) is 0 Å². The summed E-state index contributed by atoms with van der Waals surface area (Å²) < 4.78 is 0. The van der Waals surface area contributed by atoms with Crippen LogP contribution >= 0.6 is 0 Å². The first kappa shape index (κ1) is 15.6. The largest absolute Gasteiger partial charge is 0.373 e. The van der Waals surface area contributed by atoms with Gasteiger partial charge in [0.1, 0.15) is 12.1 Å². The van der Waals surface area contributed by atoms with E-state index in [1.807, 2.05) is 40.0 Å². The van der Waals surface area contributed by atoms with Gasteiger partial charge in [-0.05, 0) is 30.5 Å². The lowest BCUT2D eigenvalue weighted by Gasteiger charge is -2.06. The number of nitrogens with zero attached hydrogens (tertiary/aromatic N) is 1. The second-order valence-electron chi connectivity index (χ2n) is 4.31. The van der Waals surface area contributed by atoms with E-state index in [0.29, 0.717) is 12.3 Å². The van der Waals surface area contributed by atoms with Gasteiger partial charge in [-0.1, -0.05) is 13.8 Å². The molecule has 0 radical (unpaired) electrons. The Morgan fingerprint density at radius 3 is 2.47 bits per heavy atom. The average molecular weight is 237 g/mol. The van der Waals surface area contributed by atoms with E-state index in [1.54, 1.807) is 6.20 Å². The number of nitrogens with one attached hydrogen (secondary N) is 1. The van der Waals surface area contributed by atoms with Crippen LogP contribution in [0.3, 0.4) is 0 Å². The summed E-state index contributed by atoms with van der Waals surface area (Å²) in [6.07, 6.45) is 3.40. The molecule has 1 rings (SSSR count). The van der Waals surface area contributed by atoms with E-state index in [-0.39, 0.29) is 6.04 Å². The van der Waals surface area contributed by atoms with Crippen LogP contribution in [0.1, 0.15) is 38.8 Å². The summed E-state index contributed by atoms with van der Waals surface area (Å²) in [5, 5.41) is 2.96. The molecule has 3 N–H and O–H groups in total. The molecule has 4 heteroatoms. The number of hydrogen-bond acceptors (Lipinski definition) is 4. The molecule has 0 amide bonds. The van der Waals surface area contributed by atoms with Gasteiger partial charge >= 0.3 is 0 Å². The Labute approximate surface area is 104 Å². The van der Waals surface area contributed by atoms with Gasteiger partial charge in [-0.3, -0.25) is 0 Å². The monoisotopic (exact) mass is 237 g/mol. The van der Waals surface area contributed by atoms with Crippen molar-refractivity contribution in [1.29, 1.82) is 0 Å². The SMILES string of the molecule is CC(C)CC=O.CNc1cc(C(C)N)ccn1. The normalized spacial score (nSPS) is 11.4.